The third kappa shape index (κ3) is 18.5. The highest BCUT2D eigenvalue weighted by Crippen LogP contribution is 2.25. The van der Waals surface area contributed by atoms with Gasteiger partial charge in [-0.15, -0.1) is 0 Å². The molecule has 3 saturated heterocycles. The van der Waals surface area contributed by atoms with Crippen molar-refractivity contribution in [3.63, 3.8) is 0 Å². The number of nitrogens with one attached hydrogen (secondary N) is 3. The van der Waals surface area contributed by atoms with Gasteiger partial charge in [0, 0.05) is 39.3 Å². The van der Waals surface area contributed by atoms with Crippen LogP contribution in [-0.2, 0) is 52.7 Å². The van der Waals surface area contributed by atoms with E-state index < -0.39 is 0 Å². The third-order valence-corrected chi connectivity index (χ3v) is 12.7. The number of methoxy groups -OCH3 is 3. The number of ether oxygens (including phenoxy) is 9. The van der Waals surface area contributed by atoms with E-state index in [0.717, 1.165) is 132 Å². The van der Waals surface area contributed by atoms with E-state index in [4.69, 9.17) is 42.6 Å². The lowest BCUT2D eigenvalue weighted by atomic mass is 10.0. The fourth-order valence-electron chi connectivity index (χ4n) is 8.50. The van der Waals surface area contributed by atoms with Crippen LogP contribution in [0.2, 0.25) is 0 Å². The van der Waals surface area contributed by atoms with Crippen LogP contribution in [0.1, 0.15) is 33.4 Å². The Balaban J connectivity index is 0.000000158. The Labute approximate surface area is 427 Å². The number of para-hydroxylation sites is 3. The van der Waals surface area contributed by atoms with E-state index in [1.165, 1.54) is 33.4 Å². The summed E-state index contributed by atoms with van der Waals surface area (Å²) >= 11 is 0. The minimum atomic E-state index is 0.133. The van der Waals surface area contributed by atoms with E-state index in [-0.39, 0.29) is 18.3 Å². The second kappa shape index (κ2) is 30.7. The molecule has 0 radical (unpaired) electrons. The van der Waals surface area contributed by atoms with Gasteiger partial charge in [-0.25, -0.2) is 0 Å². The molecule has 9 rings (SSSR count). The molecular weight excluding hydrogens is 907 g/mol. The maximum absolute atomic E-state index is 6.02. The molecule has 0 saturated carbocycles. The lowest BCUT2D eigenvalue weighted by Crippen LogP contribution is -2.41. The summed E-state index contributed by atoms with van der Waals surface area (Å²) in [6.07, 6.45) is 6.18. The van der Waals surface area contributed by atoms with Gasteiger partial charge < -0.3 is 58.6 Å². The molecule has 3 heterocycles. The Morgan fingerprint density at radius 2 is 0.639 bits per heavy atom. The van der Waals surface area contributed by atoms with Crippen molar-refractivity contribution in [2.24, 2.45) is 0 Å². The first-order chi connectivity index (χ1) is 35.5. The maximum Gasteiger partial charge on any atom is 0.122 e. The first-order valence-corrected chi connectivity index (χ1v) is 25.5. The van der Waals surface area contributed by atoms with Gasteiger partial charge >= 0.3 is 0 Å². The molecule has 6 aromatic rings. The van der Waals surface area contributed by atoms with Crippen LogP contribution in [0.4, 0.5) is 0 Å². The van der Waals surface area contributed by atoms with E-state index in [1.807, 2.05) is 72.8 Å². The highest BCUT2D eigenvalue weighted by Gasteiger charge is 2.17. The average Bonchev–Trinajstić information content (AvgIpc) is 3.46. The molecule has 3 N–H and O–H groups in total. The van der Waals surface area contributed by atoms with Crippen molar-refractivity contribution in [2.45, 2.75) is 56.8 Å². The number of hydrogen-bond donors (Lipinski definition) is 3. The molecule has 0 bridgehead atoms. The standard InChI is InChI=1S/3C20H25NO3/c3*1-22-18-10-7-16(8-11-18)6-9-17-4-2-3-5-20(17)24-15-19-14-21-12-13-23-19/h3*2-5,7-8,10-11,19,21H,6,9,12-15H2,1H3/t2*19-;/m10./s1. The Morgan fingerprint density at radius 1 is 0.361 bits per heavy atom. The van der Waals surface area contributed by atoms with Crippen molar-refractivity contribution in [3.05, 3.63) is 179 Å². The summed E-state index contributed by atoms with van der Waals surface area (Å²) in [6, 6.07) is 49.5. The Morgan fingerprint density at radius 3 is 0.889 bits per heavy atom. The van der Waals surface area contributed by atoms with Gasteiger partial charge in [-0.05, 0) is 127 Å². The predicted molar refractivity (Wildman–Crippen MR) is 285 cm³/mol. The molecule has 3 aliphatic rings. The fourth-order valence-corrected chi connectivity index (χ4v) is 8.50. The molecule has 1 unspecified atom stereocenters. The third-order valence-electron chi connectivity index (χ3n) is 12.7. The number of rotatable bonds is 21. The summed E-state index contributed by atoms with van der Waals surface area (Å²) in [6.45, 7) is 9.38. The molecule has 0 aliphatic carbocycles. The van der Waals surface area contributed by atoms with Crippen LogP contribution < -0.4 is 44.4 Å². The molecule has 6 aromatic carbocycles. The van der Waals surface area contributed by atoms with Crippen LogP contribution in [0.15, 0.2) is 146 Å². The lowest BCUT2D eigenvalue weighted by molar-refractivity contribution is -0.0000189. The van der Waals surface area contributed by atoms with Gasteiger partial charge in [0.1, 0.15) is 72.6 Å². The van der Waals surface area contributed by atoms with E-state index in [2.05, 4.69) is 88.7 Å². The Bertz CT molecular complexity index is 2130. The summed E-state index contributed by atoms with van der Waals surface area (Å²) < 4.78 is 50.7. The molecule has 0 amide bonds. The van der Waals surface area contributed by atoms with Crippen LogP contribution in [0.5, 0.6) is 34.5 Å². The van der Waals surface area contributed by atoms with Gasteiger partial charge in [0.2, 0.25) is 0 Å². The van der Waals surface area contributed by atoms with Crippen molar-refractivity contribution in [2.75, 3.05) is 100 Å². The predicted octanol–water partition coefficient (Wildman–Crippen LogP) is 8.54. The van der Waals surface area contributed by atoms with Gasteiger partial charge in [0.05, 0.1) is 41.2 Å². The van der Waals surface area contributed by atoms with Gasteiger partial charge in [-0.2, -0.15) is 0 Å². The normalized spacial score (nSPS) is 17.5. The molecule has 3 aliphatic heterocycles. The minimum absolute atomic E-state index is 0.133. The molecule has 12 heteroatoms. The second-order valence-corrected chi connectivity index (χ2v) is 17.9. The van der Waals surface area contributed by atoms with Crippen LogP contribution >= 0.6 is 0 Å². The highest BCUT2D eigenvalue weighted by molar-refractivity contribution is 5.38. The van der Waals surface area contributed by atoms with Crippen LogP contribution in [0.25, 0.3) is 0 Å². The van der Waals surface area contributed by atoms with Crippen molar-refractivity contribution in [3.8, 4) is 34.5 Å². The van der Waals surface area contributed by atoms with Crippen molar-refractivity contribution in [1.29, 1.82) is 0 Å². The van der Waals surface area contributed by atoms with Crippen molar-refractivity contribution >= 4 is 0 Å². The summed E-state index contributed by atoms with van der Waals surface area (Å²) in [5.41, 5.74) is 7.59. The number of morpholine rings is 3. The summed E-state index contributed by atoms with van der Waals surface area (Å²) in [5.74, 6) is 5.55. The first kappa shape index (κ1) is 53.7. The van der Waals surface area contributed by atoms with Crippen LogP contribution in [0.3, 0.4) is 0 Å². The van der Waals surface area contributed by atoms with E-state index in [0.29, 0.717) is 19.8 Å². The molecule has 0 aromatic heterocycles. The smallest absolute Gasteiger partial charge is 0.122 e. The number of aryl methyl sites for hydroxylation is 6. The SMILES string of the molecule is COc1ccc(CCc2ccccc2OCC2CNCCO2)cc1.COc1ccc(CCc2ccccc2OC[C@@H]2CNCCO2)cc1.COc1ccc(CCc2ccccc2OC[C@H]2CNCCO2)cc1. The summed E-state index contributed by atoms with van der Waals surface area (Å²) in [4.78, 5) is 0. The van der Waals surface area contributed by atoms with Gasteiger partial charge in [-0.3, -0.25) is 0 Å². The highest BCUT2D eigenvalue weighted by atomic mass is 16.5. The molecule has 0 spiro atoms. The summed E-state index contributed by atoms with van der Waals surface area (Å²) in [5, 5.41) is 9.98. The van der Waals surface area contributed by atoms with Gasteiger partial charge in [-0.1, -0.05) is 91.0 Å². The molecule has 384 valence electrons. The van der Waals surface area contributed by atoms with Gasteiger partial charge in [0.15, 0.2) is 0 Å². The lowest BCUT2D eigenvalue weighted by Gasteiger charge is -2.24. The second-order valence-electron chi connectivity index (χ2n) is 17.9. The van der Waals surface area contributed by atoms with Crippen LogP contribution in [0, 0.1) is 0 Å². The molecule has 72 heavy (non-hydrogen) atoms. The first-order valence-electron chi connectivity index (χ1n) is 25.5. The quantitative estimate of drug-likeness (QED) is 0.0642. The summed E-state index contributed by atoms with van der Waals surface area (Å²) in [7, 11) is 5.07. The molecule has 3 atom stereocenters. The zero-order chi connectivity index (χ0) is 49.8. The monoisotopic (exact) mass is 982 g/mol. The molecular formula is C60H75N3O9. The number of hydrogen-bond acceptors (Lipinski definition) is 12. The largest absolute Gasteiger partial charge is 0.497 e. The van der Waals surface area contributed by atoms with E-state index >= 15 is 0 Å². The number of benzene rings is 6. The molecule has 12 nitrogen and oxygen atoms in total. The topological polar surface area (TPSA) is 119 Å². The average molecular weight is 982 g/mol. The van der Waals surface area contributed by atoms with Crippen LogP contribution in [-0.4, -0.2) is 119 Å². The van der Waals surface area contributed by atoms with Gasteiger partial charge in [0.25, 0.3) is 0 Å². The zero-order valence-corrected chi connectivity index (χ0v) is 42.5. The van der Waals surface area contributed by atoms with E-state index in [9.17, 15) is 0 Å². The molecule has 3 fully saturated rings. The van der Waals surface area contributed by atoms with Crippen molar-refractivity contribution < 1.29 is 42.6 Å². The minimum Gasteiger partial charge on any atom is -0.497 e. The maximum atomic E-state index is 6.02. The Kier molecular flexibility index (Phi) is 22.9. The fraction of sp³-hybridized carbons (Fsp3) is 0.400. The zero-order valence-electron chi connectivity index (χ0n) is 42.5. The Hall–Kier alpha value is -6.12. The van der Waals surface area contributed by atoms with Crippen molar-refractivity contribution in [1.82, 2.24) is 16.0 Å². The van der Waals surface area contributed by atoms with E-state index in [1.54, 1.807) is 21.3 Å².